The lowest BCUT2D eigenvalue weighted by Gasteiger charge is -2.37. The molecule has 0 bridgehead atoms. The number of piperidine rings is 1. The molecule has 114 valence electrons. The zero-order valence-electron chi connectivity index (χ0n) is 11.8. The molecule has 1 aliphatic heterocycles. The van der Waals surface area contributed by atoms with Crippen molar-refractivity contribution in [1.29, 1.82) is 0 Å². The maximum absolute atomic E-state index is 12.9. The minimum atomic E-state index is -4.56. The SMILES string of the molecule is C[C@H]1CCN(c2ccc3nnc(C(F)(F)F)n3n2)[C@H](C)C1. The molecular weight excluding hydrogens is 283 g/mol. The minimum Gasteiger partial charge on any atom is -0.352 e. The number of fused-ring (bicyclic) bond motifs is 1. The normalized spacial score (nSPS) is 23.8. The van der Waals surface area contributed by atoms with Crippen LogP contribution in [0.1, 0.15) is 32.5 Å². The van der Waals surface area contributed by atoms with Crippen LogP contribution in [-0.4, -0.2) is 32.4 Å². The highest BCUT2D eigenvalue weighted by Gasteiger charge is 2.38. The number of hydrogen-bond donors (Lipinski definition) is 0. The zero-order chi connectivity index (χ0) is 15.2. The Hall–Kier alpha value is -1.86. The Morgan fingerprint density at radius 2 is 1.95 bits per heavy atom. The molecule has 3 heterocycles. The molecule has 21 heavy (non-hydrogen) atoms. The molecule has 5 nitrogen and oxygen atoms in total. The quantitative estimate of drug-likeness (QED) is 0.812. The van der Waals surface area contributed by atoms with E-state index in [1.807, 2.05) is 4.90 Å². The molecule has 1 fully saturated rings. The molecule has 8 heteroatoms. The Kier molecular flexibility index (Phi) is 3.26. The van der Waals surface area contributed by atoms with Gasteiger partial charge in [0.05, 0.1) is 0 Å². The standard InChI is InChI=1S/C13H16F3N5/c1-8-5-6-20(9(2)7-8)11-4-3-10-17-18-12(13(14,15)16)21(10)19-11/h3-4,8-9H,5-7H2,1-2H3/t8-,9+/m0/s1. The largest absolute Gasteiger partial charge is 0.453 e. The zero-order valence-corrected chi connectivity index (χ0v) is 11.8. The fourth-order valence-electron chi connectivity index (χ4n) is 2.86. The van der Waals surface area contributed by atoms with Gasteiger partial charge in [-0.05, 0) is 37.8 Å². The van der Waals surface area contributed by atoms with E-state index in [9.17, 15) is 13.2 Å². The summed E-state index contributed by atoms with van der Waals surface area (Å²) in [5.74, 6) is 0.0743. The van der Waals surface area contributed by atoms with Crippen molar-refractivity contribution in [1.82, 2.24) is 19.8 Å². The number of rotatable bonds is 1. The number of nitrogens with zero attached hydrogens (tertiary/aromatic N) is 5. The van der Waals surface area contributed by atoms with Crippen LogP contribution in [0, 0.1) is 5.92 Å². The van der Waals surface area contributed by atoms with Gasteiger partial charge in [-0.3, -0.25) is 0 Å². The lowest BCUT2D eigenvalue weighted by molar-refractivity contribution is -0.146. The molecule has 0 radical (unpaired) electrons. The predicted molar refractivity (Wildman–Crippen MR) is 71.0 cm³/mol. The van der Waals surface area contributed by atoms with Crippen LogP contribution in [-0.2, 0) is 6.18 Å². The van der Waals surface area contributed by atoms with Crippen LogP contribution >= 0.6 is 0 Å². The Balaban J connectivity index is 2.00. The van der Waals surface area contributed by atoms with Gasteiger partial charge in [0.2, 0.25) is 0 Å². The third-order valence-corrected chi connectivity index (χ3v) is 3.93. The summed E-state index contributed by atoms with van der Waals surface area (Å²) in [6.07, 6.45) is -2.54. The van der Waals surface area contributed by atoms with Crippen molar-refractivity contribution in [2.24, 2.45) is 5.92 Å². The van der Waals surface area contributed by atoms with Crippen LogP contribution in [0.5, 0.6) is 0 Å². The summed E-state index contributed by atoms with van der Waals surface area (Å²) < 4.78 is 39.4. The number of halogens is 3. The molecule has 0 unspecified atom stereocenters. The molecule has 0 amide bonds. The van der Waals surface area contributed by atoms with Crippen LogP contribution < -0.4 is 4.90 Å². The van der Waals surface area contributed by atoms with Gasteiger partial charge in [-0.1, -0.05) is 6.92 Å². The first kappa shape index (κ1) is 14.1. The summed E-state index contributed by atoms with van der Waals surface area (Å²) in [4.78, 5) is 2.04. The van der Waals surface area contributed by atoms with Crippen LogP contribution in [0.2, 0.25) is 0 Å². The van der Waals surface area contributed by atoms with Gasteiger partial charge in [0, 0.05) is 12.6 Å². The minimum absolute atomic E-state index is 0.101. The smallest absolute Gasteiger partial charge is 0.352 e. The van der Waals surface area contributed by atoms with Gasteiger partial charge >= 0.3 is 6.18 Å². The lowest BCUT2D eigenvalue weighted by atomic mass is 9.93. The second-order valence-corrected chi connectivity index (χ2v) is 5.65. The topological polar surface area (TPSA) is 46.3 Å². The third kappa shape index (κ3) is 2.54. The van der Waals surface area contributed by atoms with Gasteiger partial charge in [0.25, 0.3) is 5.82 Å². The summed E-state index contributed by atoms with van der Waals surface area (Å²) in [6, 6.07) is 3.48. The van der Waals surface area contributed by atoms with Crippen molar-refractivity contribution in [3.05, 3.63) is 18.0 Å². The van der Waals surface area contributed by atoms with Crippen molar-refractivity contribution in [3.8, 4) is 0 Å². The second kappa shape index (κ2) is 4.85. The van der Waals surface area contributed by atoms with Crippen LogP contribution in [0.25, 0.3) is 5.65 Å². The van der Waals surface area contributed by atoms with Gasteiger partial charge in [0.1, 0.15) is 5.82 Å². The first-order chi connectivity index (χ1) is 9.86. The van der Waals surface area contributed by atoms with Crippen molar-refractivity contribution in [2.75, 3.05) is 11.4 Å². The molecule has 0 spiro atoms. The summed E-state index contributed by atoms with van der Waals surface area (Å²) in [7, 11) is 0. The van der Waals surface area contributed by atoms with Crippen LogP contribution in [0.4, 0.5) is 19.0 Å². The van der Waals surface area contributed by atoms with E-state index in [4.69, 9.17) is 0 Å². The van der Waals surface area contributed by atoms with Crippen molar-refractivity contribution in [3.63, 3.8) is 0 Å². The third-order valence-electron chi connectivity index (χ3n) is 3.93. The van der Waals surface area contributed by atoms with Crippen LogP contribution in [0.3, 0.4) is 0 Å². The van der Waals surface area contributed by atoms with Crippen molar-refractivity contribution >= 4 is 11.5 Å². The molecule has 3 rings (SSSR count). The summed E-state index contributed by atoms with van der Waals surface area (Å²) in [5.41, 5.74) is 0.101. The molecular formula is C13H16F3N5. The number of aromatic nitrogens is 4. The molecule has 0 aromatic carbocycles. The molecule has 0 aliphatic carbocycles. The lowest BCUT2D eigenvalue weighted by Crippen LogP contribution is -2.41. The van der Waals surface area contributed by atoms with E-state index in [-0.39, 0.29) is 11.7 Å². The molecule has 1 saturated heterocycles. The molecule has 2 aromatic heterocycles. The summed E-state index contributed by atoms with van der Waals surface area (Å²) >= 11 is 0. The average molecular weight is 299 g/mol. The summed E-state index contributed by atoms with van der Waals surface area (Å²) in [5, 5.41) is 10.8. The van der Waals surface area contributed by atoms with Crippen LogP contribution in [0.15, 0.2) is 12.1 Å². The highest BCUT2D eigenvalue weighted by Crippen LogP contribution is 2.29. The number of anilines is 1. The fraction of sp³-hybridized carbons (Fsp3) is 0.615. The van der Waals surface area contributed by atoms with Gasteiger partial charge in [0.15, 0.2) is 5.65 Å². The highest BCUT2D eigenvalue weighted by molar-refractivity contribution is 5.46. The summed E-state index contributed by atoms with van der Waals surface area (Å²) in [6.45, 7) is 5.05. The molecule has 2 aromatic rings. The maximum atomic E-state index is 12.9. The van der Waals surface area contributed by atoms with E-state index in [2.05, 4.69) is 29.1 Å². The van der Waals surface area contributed by atoms with E-state index >= 15 is 0 Å². The fourth-order valence-corrected chi connectivity index (χ4v) is 2.86. The average Bonchev–Trinajstić information content (AvgIpc) is 2.81. The molecule has 0 saturated carbocycles. The van der Waals surface area contributed by atoms with Gasteiger partial charge in [-0.2, -0.15) is 17.7 Å². The second-order valence-electron chi connectivity index (χ2n) is 5.65. The van der Waals surface area contributed by atoms with E-state index < -0.39 is 12.0 Å². The van der Waals surface area contributed by atoms with Crippen molar-refractivity contribution < 1.29 is 13.2 Å². The maximum Gasteiger partial charge on any atom is 0.453 e. The first-order valence-corrected chi connectivity index (χ1v) is 6.92. The number of hydrogen-bond acceptors (Lipinski definition) is 4. The first-order valence-electron chi connectivity index (χ1n) is 6.92. The van der Waals surface area contributed by atoms with E-state index in [0.717, 1.165) is 23.9 Å². The van der Waals surface area contributed by atoms with Gasteiger partial charge < -0.3 is 4.90 Å². The molecule has 1 aliphatic rings. The Labute approximate surface area is 119 Å². The number of alkyl halides is 3. The predicted octanol–water partition coefficient (Wildman–Crippen LogP) is 2.77. The Morgan fingerprint density at radius 3 is 2.62 bits per heavy atom. The van der Waals surface area contributed by atoms with E-state index in [1.54, 1.807) is 6.07 Å². The van der Waals surface area contributed by atoms with E-state index in [1.165, 1.54) is 6.07 Å². The molecule has 2 atom stereocenters. The highest BCUT2D eigenvalue weighted by atomic mass is 19.4. The molecule has 0 N–H and O–H groups in total. The Bertz CT molecular complexity index is 651. The Morgan fingerprint density at radius 1 is 1.19 bits per heavy atom. The van der Waals surface area contributed by atoms with Gasteiger partial charge in [-0.15, -0.1) is 15.3 Å². The van der Waals surface area contributed by atoms with Crippen molar-refractivity contribution in [2.45, 2.75) is 38.9 Å². The monoisotopic (exact) mass is 299 g/mol. The van der Waals surface area contributed by atoms with E-state index in [0.29, 0.717) is 11.7 Å². The van der Waals surface area contributed by atoms with Gasteiger partial charge in [-0.25, -0.2) is 0 Å².